The highest BCUT2D eigenvalue weighted by molar-refractivity contribution is 6.00. The first kappa shape index (κ1) is 33.1. The Balaban J connectivity index is 1.24. The Bertz CT molecular complexity index is 2070. The zero-order valence-electron chi connectivity index (χ0n) is 27.9. The van der Waals surface area contributed by atoms with Crippen molar-refractivity contribution in [2.45, 2.75) is 44.6 Å². The van der Waals surface area contributed by atoms with Gasteiger partial charge in [-0.1, -0.05) is 66.7 Å². The highest BCUT2D eigenvalue weighted by Crippen LogP contribution is 2.36. The number of rotatable bonds is 8. The van der Waals surface area contributed by atoms with Crippen LogP contribution in [0.5, 0.6) is 6.01 Å². The van der Waals surface area contributed by atoms with Crippen LogP contribution in [0.2, 0.25) is 0 Å². The van der Waals surface area contributed by atoms with E-state index in [0.717, 1.165) is 21.9 Å². The van der Waals surface area contributed by atoms with Gasteiger partial charge in [-0.25, -0.2) is 13.6 Å². The van der Waals surface area contributed by atoms with E-state index in [1.807, 2.05) is 90.5 Å². The number of nitrogens with zero attached hydrogens (tertiary/aromatic N) is 7. The van der Waals surface area contributed by atoms with Crippen LogP contribution in [-0.4, -0.2) is 88.9 Å². The van der Waals surface area contributed by atoms with Gasteiger partial charge in [-0.05, 0) is 42.3 Å². The second-order valence-electron chi connectivity index (χ2n) is 12.9. The van der Waals surface area contributed by atoms with E-state index in [-0.39, 0.29) is 56.0 Å². The summed E-state index contributed by atoms with van der Waals surface area (Å²) in [4.78, 5) is 32.5. The molecule has 2 saturated heterocycles. The molecule has 3 atom stereocenters. The summed E-state index contributed by atoms with van der Waals surface area (Å²) in [6.45, 7) is 3.34. The van der Waals surface area contributed by atoms with Crippen LogP contribution in [0.4, 0.5) is 19.4 Å². The minimum Gasteiger partial charge on any atom is -0.462 e. The summed E-state index contributed by atoms with van der Waals surface area (Å²) in [5.74, 6) is -0.245. The fourth-order valence-corrected chi connectivity index (χ4v) is 6.99. The quantitative estimate of drug-likeness (QED) is 0.183. The number of likely N-dealkylation sites (tertiary alicyclic amines) is 1. The largest absolute Gasteiger partial charge is 0.462 e. The Hall–Kier alpha value is -5.41. The van der Waals surface area contributed by atoms with Crippen molar-refractivity contribution in [1.82, 2.24) is 24.8 Å². The summed E-state index contributed by atoms with van der Waals surface area (Å²) in [6, 6.07) is 22.4. The molecule has 5 aromatic rings. The molecule has 0 spiro atoms. The second kappa shape index (κ2) is 14.2. The Morgan fingerprint density at radius 2 is 1.82 bits per heavy atom. The molecule has 4 heterocycles. The number of likely N-dealkylation sites (N-methyl/N-ethyl adjacent to an activating group) is 1. The van der Waals surface area contributed by atoms with Crippen LogP contribution in [0, 0.1) is 24.1 Å². The number of halogens is 2. The van der Waals surface area contributed by atoms with E-state index in [0.29, 0.717) is 36.3 Å². The van der Waals surface area contributed by atoms with Gasteiger partial charge in [0.1, 0.15) is 36.4 Å². The first-order valence-electron chi connectivity index (χ1n) is 16.7. The Kier molecular flexibility index (Phi) is 9.41. The molecule has 12 heteroatoms. The molecule has 0 bridgehead atoms. The van der Waals surface area contributed by atoms with Gasteiger partial charge in [0, 0.05) is 44.0 Å². The van der Waals surface area contributed by atoms with Crippen LogP contribution in [0.3, 0.4) is 0 Å². The third kappa shape index (κ3) is 6.61. The molecule has 2 aromatic heterocycles. The first-order valence-corrected chi connectivity index (χ1v) is 16.7. The van der Waals surface area contributed by atoms with E-state index < -0.39 is 24.1 Å². The number of amides is 1. The Morgan fingerprint density at radius 1 is 1.02 bits per heavy atom. The predicted molar refractivity (Wildman–Crippen MR) is 186 cm³/mol. The highest BCUT2D eigenvalue weighted by Gasteiger charge is 2.34. The first-order chi connectivity index (χ1) is 24.3. The molecule has 2 aliphatic heterocycles. The Labute approximate surface area is 288 Å². The number of benzene rings is 3. The molecule has 1 amide bonds. The number of ether oxygens (including phenoxy) is 2. The molecule has 2 fully saturated rings. The maximum absolute atomic E-state index is 16.8. The lowest BCUT2D eigenvalue weighted by Gasteiger charge is -2.40. The molecule has 7 rings (SSSR count). The van der Waals surface area contributed by atoms with E-state index >= 15 is 4.39 Å². The number of fused-ring (bicyclic) bond motifs is 2. The number of aromatic nitrogens is 3. The van der Waals surface area contributed by atoms with Gasteiger partial charge in [0.2, 0.25) is 0 Å². The van der Waals surface area contributed by atoms with Gasteiger partial charge >= 0.3 is 12.1 Å². The summed E-state index contributed by atoms with van der Waals surface area (Å²) in [6.07, 6.45) is 0.476. The monoisotopic (exact) mass is 677 g/mol. The van der Waals surface area contributed by atoms with E-state index in [9.17, 15) is 14.4 Å². The number of carbonyl (C=O) groups is 1. The van der Waals surface area contributed by atoms with Crippen LogP contribution in [-0.2, 0) is 11.3 Å². The van der Waals surface area contributed by atoms with Gasteiger partial charge < -0.3 is 19.3 Å². The average molecular weight is 678 g/mol. The molecule has 0 aliphatic carbocycles. The van der Waals surface area contributed by atoms with Crippen molar-refractivity contribution >= 4 is 33.6 Å². The topological polar surface area (TPSA) is 108 Å². The number of piperazine rings is 1. The standard InChI is InChI=1S/C38H37F2N7O3/c1-24-8-6-11-26-12-7-13-30(32(24)26)34-33(40)35-31(19-42-34)36(44-37(43-35)49-23-29-18-27(39)20-45(29)2)46-16-17-47(28(21-46)14-15-41)38(48)50-22-25-9-4-3-5-10-25/h3-13,19,27-29H,14,16-18,20-23H2,1-2H3/t27-,28+,29+/m1/s1. The third-order valence-electron chi connectivity index (χ3n) is 9.60. The van der Waals surface area contributed by atoms with Crippen molar-refractivity contribution < 1.29 is 23.0 Å². The van der Waals surface area contributed by atoms with E-state index in [2.05, 4.69) is 16.0 Å². The third-order valence-corrected chi connectivity index (χ3v) is 9.60. The summed E-state index contributed by atoms with van der Waals surface area (Å²) in [7, 11) is 1.84. The fourth-order valence-electron chi connectivity index (χ4n) is 6.99. The molecule has 2 aliphatic rings. The fraction of sp³-hybridized carbons (Fsp3) is 0.342. The number of alkyl halides is 1. The maximum Gasteiger partial charge on any atom is 0.410 e. The summed E-state index contributed by atoms with van der Waals surface area (Å²) in [5.41, 5.74) is 2.67. The van der Waals surface area contributed by atoms with Crippen LogP contribution in [0.1, 0.15) is 24.0 Å². The van der Waals surface area contributed by atoms with Crippen molar-refractivity contribution in [3.8, 4) is 23.3 Å². The lowest BCUT2D eigenvalue weighted by Crippen LogP contribution is -2.55. The van der Waals surface area contributed by atoms with Crippen molar-refractivity contribution in [3.05, 3.63) is 89.9 Å². The smallest absolute Gasteiger partial charge is 0.410 e. The van der Waals surface area contributed by atoms with Gasteiger partial charge in [0.05, 0.1) is 23.9 Å². The highest BCUT2D eigenvalue weighted by atomic mass is 19.1. The Morgan fingerprint density at radius 3 is 2.58 bits per heavy atom. The van der Waals surface area contributed by atoms with Crippen molar-refractivity contribution in [2.75, 3.05) is 44.7 Å². The summed E-state index contributed by atoms with van der Waals surface area (Å²) in [5, 5.41) is 11.9. The lowest BCUT2D eigenvalue weighted by molar-refractivity contribution is 0.0768. The minimum absolute atomic E-state index is 0.0327. The number of anilines is 1. The number of carbonyl (C=O) groups excluding carboxylic acids is 1. The van der Waals surface area contributed by atoms with Crippen LogP contribution in [0.15, 0.2) is 72.9 Å². The number of hydrogen-bond donors (Lipinski definition) is 0. The zero-order valence-corrected chi connectivity index (χ0v) is 27.9. The molecule has 10 nitrogen and oxygen atoms in total. The van der Waals surface area contributed by atoms with Gasteiger partial charge in [0.15, 0.2) is 5.82 Å². The summed E-state index contributed by atoms with van der Waals surface area (Å²) < 4.78 is 42.6. The molecule has 0 saturated carbocycles. The van der Waals surface area contributed by atoms with Crippen LogP contribution < -0.4 is 9.64 Å². The van der Waals surface area contributed by atoms with E-state index in [1.165, 1.54) is 0 Å². The van der Waals surface area contributed by atoms with Crippen LogP contribution >= 0.6 is 0 Å². The lowest BCUT2D eigenvalue weighted by atomic mass is 9.97. The average Bonchev–Trinajstić information content (AvgIpc) is 3.46. The molecule has 0 unspecified atom stereocenters. The minimum atomic E-state index is -0.954. The van der Waals surface area contributed by atoms with E-state index in [1.54, 1.807) is 11.1 Å². The molecule has 0 radical (unpaired) electrons. The van der Waals surface area contributed by atoms with Gasteiger partial charge in [-0.3, -0.25) is 9.88 Å². The van der Waals surface area contributed by atoms with Gasteiger partial charge in [-0.2, -0.15) is 15.2 Å². The number of nitriles is 1. The van der Waals surface area contributed by atoms with Crippen molar-refractivity contribution in [1.29, 1.82) is 5.26 Å². The number of hydrogen-bond acceptors (Lipinski definition) is 9. The molecular formula is C38H37F2N7O3. The zero-order chi connectivity index (χ0) is 34.8. The number of pyridine rings is 1. The molecule has 0 N–H and O–H groups in total. The molecule has 50 heavy (non-hydrogen) atoms. The molecule has 3 aromatic carbocycles. The van der Waals surface area contributed by atoms with Gasteiger partial charge in [-0.15, -0.1) is 0 Å². The van der Waals surface area contributed by atoms with E-state index in [4.69, 9.17) is 14.5 Å². The van der Waals surface area contributed by atoms with Crippen LogP contribution in [0.25, 0.3) is 32.9 Å². The maximum atomic E-state index is 16.8. The molecular weight excluding hydrogens is 640 g/mol. The normalized spacial score (nSPS) is 19.5. The van der Waals surface area contributed by atoms with Crippen molar-refractivity contribution in [2.24, 2.45) is 0 Å². The second-order valence-corrected chi connectivity index (χ2v) is 12.9. The molecule has 256 valence electrons. The van der Waals surface area contributed by atoms with Gasteiger partial charge in [0.25, 0.3) is 0 Å². The number of aryl methyl sites for hydroxylation is 1. The SMILES string of the molecule is Cc1cccc2cccc(-c3ncc4c(N5CCN(C(=O)OCc6ccccc6)[C@@H](CC#N)C5)nc(OC[C@@H]5C[C@@H](F)CN5C)nc4c3F)c12. The predicted octanol–water partition coefficient (Wildman–Crippen LogP) is 6.45. The summed E-state index contributed by atoms with van der Waals surface area (Å²) >= 11 is 0. The van der Waals surface area contributed by atoms with Crippen molar-refractivity contribution in [3.63, 3.8) is 0 Å².